The van der Waals surface area contributed by atoms with Crippen molar-refractivity contribution >= 4 is 25.3 Å². The van der Waals surface area contributed by atoms with Crippen LogP contribution in [0.3, 0.4) is 0 Å². The van der Waals surface area contributed by atoms with Gasteiger partial charge in [-0.15, -0.1) is 0 Å². The lowest BCUT2D eigenvalue weighted by Gasteiger charge is -1.61. The molecule has 0 aliphatic heterocycles. The molecule has 0 aromatic rings. The smallest absolute Gasteiger partial charge is 0.0324 e. The molecule has 0 nitrogen and oxygen atoms in total. The van der Waals surface area contributed by atoms with Gasteiger partial charge in [0.1, 0.15) is 0 Å². The van der Waals surface area contributed by atoms with Gasteiger partial charge in [-0.3, -0.25) is 0 Å². The third kappa shape index (κ3) is 4.18. The van der Waals surface area contributed by atoms with E-state index in [1.54, 1.807) is 23.0 Å². The Bertz CT molecular complexity index is 53.9. The molecule has 0 aromatic carbocycles. The first-order valence-corrected chi connectivity index (χ1v) is 2.55. The van der Waals surface area contributed by atoms with Crippen LogP contribution < -0.4 is 0 Å². The second-order valence-electron chi connectivity index (χ2n) is 0.683. The van der Waals surface area contributed by atoms with E-state index in [1.165, 1.54) is 0 Å². The summed E-state index contributed by atoms with van der Waals surface area (Å²) in [6.07, 6.45) is 3.58. The van der Waals surface area contributed by atoms with Gasteiger partial charge in [0.25, 0.3) is 0 Å². The molecule has 0 saturated carbocycles. The molecule has 2 heteroatoms. The summed E-state index contributed by atoms with van der Waals surface area (Å²) in [5, 5.41) is 3.29. The molecule has 0 heterocycles. The quantitative estimate of drug-likeness (QED) is 0.381. The first kappa shape index (κ1) is 6.18. The van der Waals surface area contributed by atoms with Crippen LogP contribution in [0.4, 0.5) is 0 Å². The van der Waals surface area contributed by atoms with Crippen molar-refractivity contribution in [1.82, 2.24) is 0 Å². The molecule has 0 bridgehead atoms. The van der Waals surface area contributed by atoms with Gasteiger partial charge in [0.15, 0.2) is 0 Å². The van der Waals surface area contributed by atoms with Gasteiger partial charge in [-0.25, -0.2) is 0 Å². The van der Waals surface area contributed by atoms with Crippen LogP contribution in [0.25, 0.3) is 0 Å². The molecule has 0 fully saturated rings. The lowest BCUT2D eigenvalue weighted by Crippen LogP contribution is -1.34. The minimum atomic E-state index is 1.65. The molecule has 0 N–H and O–H groups in total. The molecule has 6 heavy (non-hydrogen) atoms. The van der Waals surface area contributed by atoms with Gasteiger partial charge in [0.05, 0.1) is 0 Å². The fourth-order valence-corrected chi connectivity index (χ4v) is 0.298. The van der Waals surface area contributed by atoms with Crippen LogP contribution >= 0.6 is 25.3 Å². The molecule has 0 amide bonds. The Hall–Kier alpha value is 0.180. The van der Waals surface area contributed by atoms with E-state index in [9.17, 15) is 0 Å². The Labute approximate surface area is 48.8 Å². The predicted molar refractivity (Wildman–Crippen MR) is 36.3 cm³/mol. The minimum Gasteiger partial charge on any atom is -0.151 e. The summed E-state index contributed by atoms with van der Waals surface area (Å²) in [6, 6.07) is 0. The van der Waals surface area contributed by atoms with Crippen LogP contribution in [-0.2, 0) is 0 Å². The van der Waals surface area contributed by atoms with Crippen molar-refractivity contribution in [2.24, 2.45) is 0 Å². The molecule has 0 saturated heterocycles. The third-order valence-electron chi connectivity index (χ3n) is 0.283. The van der Waals surface area contributed by atoms with Crippen LogP contribution in [0, 0.1) is 0 Å². The summed E-state index contributed by atoms with van der Waals surface area (Å²) >= 11 is 7.58. The Kier molecular flexibility index (Phi) is 5.34. The van der Waals surface area contributed by atoms with Gasteiger partial charge < -0.3 is 0 Å². The molecule has 0 spiro atoms. The van der Waals surface area contributed by atoms with Crippen molar-refractivity contribution in [2.75, 3.05) is 0 Å². The van der Waals surface area contributed by atoms with E-state index in [-0.39, 0.29) is 0 Å². The van der Waals surface area contributed by atoms with Crippen LogP contribution in [0.1, 0.15) is 0 Å². The first-order chi connectivity index (χ1) is 2.91. The van der Waals surface area contributed by atoms with Gasteiger partial charge in [0.2, 0.25) is 0 Å². The third-order valence-corrected chi connectivity index (χ3v) is 0.628. The zero-order valence-electron chi connectivity index (χ0n) is 3.20. The van der Waals surface area contributed by atoms with Crippen LogP contribution in [0.15, 0.2) is 23.0 Å². The number of hydrogen-bond acceptors (Lipinski definition) is 2. The largest absolute Gasteiger partial charge is 0.151 e. The van der Waals surface area contributed by atoms with E-state index in [0.29, 0.717) is 0 Å². The molecule has 0 aliphatic rings. The maximum Gasteiger partial charge on any atom is -0.0324 e. The Morgan fingerprint density at radius 2 is 1.17 bits per heavy atom. The second-order valence-corrected chi connectivity index (χ2v) is 1.28. The van der Waals surface area contributed by atoms with Gasteiger partial charge in [-0.1, -0.05) is 12.2 Å². The summed E-state index contributed by atoms with van der Waals surface area (Å²) < 4.78 is 0. The van der Waals surface area contributed by atoms with E-state index >= 15 is 0 Å². The predicted octanol–water partition coefficient (Wildman–Crippen LogP) is 1.87. The highest BCUT2D eigenvalue weighted by Gasteiger charge is 1.49. The summed E-state index contributed by atoms with van der Waals surface area (Å²) in [5.41, 5.74) is 0. The number of thiol groups is 2. The zero-order chi connectivity index (χ0) is 4.83. The van der Waals surface area contributed by atoms with Crippen molar-refractivity contribution in [3.05, 3.63) is 23.0 Å². The first-order valence-electron chi connectivity index (χ1n) is 1.52. The minimum absolute atomic E-state index is 1.65. The Morgan fingerprint density at radius 1 is 0.833 bits per heavy atom. The fraction of sp³-hybridized carbons (Fsp3) is 0. The monoisotopic (exact) mass is 118 g/mol. The van der Waals surface area contributed by atoms with Gasteiger partial charge in [-0.2, -0.15) is 25.3 Å². The SMILES string of the molecule is S/C=C\C=C/S. The van der Waals surface area contributed by atoms with E-state index in [1.807, 2.05) is 0 Å². The molecular formula is C4H6S2. The maximum atomic E-state index is 3.79. The number of hydrogen-bond donors (Lipinski definition) is 2. The average molecular weight is 118 g/mol. The van der Waals surface area contributed by atoms with E-state index < -0.39 is 0 Å². The zero-order valence-corrected chi connectivity index (χ0v) is 4.99. The highest BCUT2D eigenvalue weighted by atomic mass is 32.1. The van der Waals surface area contributed by atoms with Crippen LogP contribution in [-0.4, -0.2) is 0 Å². The van der Waals surface area contributed by atoms with E-state index in [0.717, 1.165) is 0 Å². The van der Waals surface area contributed by atoms with Gasteiger partial charge in [-0.05, 0) is 10.8 Å². The second kappa shape index (κ2) is 5.18. The van der Waals surface area contributed by atoms with Crippen LogP contribution in [0.2, 0.25) is 0 Å². The van der Waals surface area contributed by atoms with Crippen molar-refractivity contribution in [3.63, 3.8) is 0 Å². The van der Waals surface area contributed by atoms with Crippen LogP contribution in [0.5, 0.6) is 0 Å². The van der Waals surface area contributed by atoms with E-state index in [2.05, 4.69) is 25.3 Å². The molecule has 34 valence electrons. The van der Waals surface area contributed by atoms with Gasteiger partial charge >= 0.3 is 0 Å². The maximum absolute atomic E-state index is 3.79. The normalized spacial score (nSPS) is 11.7. The standard InChI is InChI=1S/C4H6S2/c5-3-1-2-4-6/h1-6H/b3-1-,4-2-. The van der Waals surface area contributed by atoms with Crippen molar-refractivity contribution in [2.45, 2.75) is 0 Å². The lowest BCUT2D eigenvalue weighted by molar-refractivity contribution is 2.11. The number of allylic oxidation sites excluding steroid dienone is 2. The van der Waals surface area contributed by atoms with E-state index in [4.69, 9.17) is 0 Å². The average Bonchev–Trinajstić information content (AvgIpc) is 1.61. The van der Waals surface area contributed by atoms with Crippen molar-refractivity contribution < 1.29 is 0 Å². The fourth-order valence-electron chi connectivity index (χ4n) is 0.0994. The lowest BCUT2D eigenvalue weighted by atomic mass is 10.6. The van der Waals surface area contributed by atoms with Crippen molar-refractivity contribution in [3.8, 4) is 0 Å². The molecule has 0 aromatic heterocycles. The summed E-state index contributed by atoms with van der Waals surface area (Å²) in [7, 11) is 0. The molecule has 0 rings (SSSR count). The summed E-state index contributed by atoms with van der Waals surface area (Å²) in [6.45, 7) is 0. The summed E-state index contributed by atoms with van der Waals surface area (Å²) in [5.74, 6) is 0. The molecule has 0 unspecified atom stereocenters. The highest BCUT2D eigenvalue weighted by molar-refractivity contribution is 7.83. The van der Waals surface area contributed by atoms with Gasteiger partial charge in [0, 0.05) is 0 Å². The summed E-state index contributed by atoms with van der Waals surface area (Å²) in [4.78, 5) is 0. The molecule has 0 atom stereocenters. The molecular weight excluding hydrogens is 112 g/mol. The Balaban J connectivity index is 3.07. The topological polar surface area (TPSA) is 0 Å². The molecule has 0 radical (unpaired) electrons. The molecule has 0 aliphatic carbocycles. The Morgan fingerprint density at radius 3 is 1.33 bits per heavy atom. The number of rotatable bonds is 1. The highest BCUT2D eigenvalue weighted by Crippen LogP contribution is 1.80. The van der Waals surface area contributed by atoms with Crippen molar-refractivity contribution in [1.29, 1.82) is 0 Å².